The predicted molar refractivity (Wildman–Crippen MR) is 117 cm³/mol. The Morgan fingerprint density at radius 3 is 2.75 bits per heavy atom. The van der Waals surface area contributed by atoms with Gasteiger partial charge >= 0.3 is 5.97 Å². The number of hydrogen-bond acceptors (Lipinski definition) is 3. The summed E-state index contributed by atoms with van der Waals surface area (Å²) < 4.78 is 0. The maximum absolute atomic E-state index is 11.2. The molecule has 0 saturated heterocycles. The Labute approximate surface area is 171 Å². The summed E-state index contributed by atoms with van der Waals surface area (Å²) >= 11 is 5.93. The zero-order chi connectivity index (χ0) is 20.5. The molecule has 2 aromatic carbocycles. The van der Waals surface area contributed by atoms with E-state index in [1.807, 2.05) is 0 Å². The molecule has 1 aliphatic heterocycles. The van der Waals surface area contributed by atoms with E-state index in [0.29, 0.717) is 11.6 Å². The molecular formula is C23H27ClN2O2. The average Bonchev–Trinajstić information content (AvgIpc) is 2.64. The second-order valence-corrected chi connectivity index (χ2v) is 8.52. The first-order valence-corrected chi connectivity index (χ1v) is 10.1. The van der Waals surface area contributed by atoms with Gasteiger partial charge in [0.15, 0.2) is 0 Å². The zero-order valence-electron chi connectivity index (χ0n) is 16.9. The molecule has 1 unspecified atom stereocenters. The number of rotatable bonds is 5. The number of fused-ring (bicyclic) bond motifs is 1. The van der Waals surface area contributed by atoms with Crippen molar-refractivity contribution < 1.29 is 9.90 Å². The van der Waals surface area contributed by atoms with Gasteiger partial charge in [-0.3, -0.25) is 4.99 Å². The Balaban J connectivity index is 1.92. The number of carboxylic acid groups (broad SMARTS) is 1. The van der Waals surface area contributed by atoms with Gasteiger partial charge in [-0.15, -0.1) is 0 Å². The lowest BCUT2D eigenvalue weighted by Crippen LogP contribution is -2.48. The van der Waals surface area contributed by atoms with E-state index >= 15 is 0 Å². The highest BCUT2D eigenvalue weighted by atomic mass is 35.5. The first-order chi connectivity index (χ1) is 13.2. The SMILES string of the molecule is CCCN1c2ccc(C=Nc3ccc(Cl)c(C(=O)O)c3)cc2C(C)CC1(C)C. The van der Waals surface area contributed by atoms with Crippen molar-refractivity contribution in [1.29, 1.82) is 0 Å². The number of carboxylic acids is 1. The lowest BCUT2D eigenvalue weighted by atomic mass is 9.79. The van der Waals surface area contributed by atoms with E-state index in [1.54, 1.807) is 18.3 Å². The molecule has 0 fully saturated rings. The number of nitrogens with zero attached hydrogens (tertiary/aromatic N) is 2. The highest BCUT2D eigenvalue weighted by Gasteiger charge is 2.35. The summed E-state index contributed by atoms with van der Waals surface area (Å²) in [7, 11) is 0. The molecule has 3 rings (SSSR count). The molecule has 0 aromatic heterocycles. The number of aromatic carboxylic acids is 1. The smallest absolute Gasteiger partial charge is 0.337 e. The van der Waals surface area contributed by atoms with E-state index in [1.165, 1.54) is 17.3 Å². The molecule has 0 spiro atoms. The lowest BCUT2D eigenvalue weighted by Gasteiger charge is -2.47. The molecule has 1 atom stereocenters. The van der Waals surface area contributed by atoms with Crippen LogP contribution in [0.2, 0.25) is 5.02 Å². The number of halogens is 1. The Morgan fingerprint density at radius 2 is 2.07 bits per heavy atom. The summed E-state index contributed by atoms with van der Waals surface area (Å²) in [5.74, 6) is -0.580. The molecule has 5 heteroatoms. The van der Waals surface area contributed by atoms with E-state index < -0.39 is 5.97 Å². The number of anilines is 1. The van der Waals surface area contributed by atoms with Crippen molar-refractivity contribution in [3.05, 3.63) is 58.1 Å². The number of carbonyl (C=O) groups is 1. The van der Waals surface area contributed by atoms with Crippen molar-refractivity contribution in [2.75, 3.05) is 11.4 Å². The molecule has 0 amide bonds. The third-order valence-electron chi connectivity index (χ3n) is 5.40. The van der Waals surface area contributed by atoms with Crippen LogP contribution in [0.5, 0.6) is 0 Å². The molecule has 0 saturated carbocycles. The predicted octanol–water partition coefficient (Wildman–Crippen LogP) is 6.29. The quantitative estimate of drug-likeness (QED) is 0.602. The van der Waals surface area contributed by atoms with Crippen molar-refractivity contribution in [2.24, 2.45) is 4.99 Å². The van der Waals surface area contributed by atoms with Crippen molar-refractivity contribution in [3.8, 4) is 0 Å². The first kappa shape index (κ1) is 20.4. The zero-order valence-corrected chi connectivity index (χ0v) is 17.6. The Morgan fingerprint density at radius 1 is 1.32 bits per heavy atom. The highest BCUT2D eigenvalue weighted by Crippen LogP contribution is 2.43. The van der Waals surface area contributed by atoms with Crippen LogP contribution in [0.3, 0.4) is 0 Å². The second-order valence-electron chi connectivity index (χ2n) is 8.11. The monoisotopic (exact) mass is 398 g/mol. The van der Waals surface area contributed by atoms with Crippen molar-refractivity contribution in [1.82, 2.24) is 0 Å². The van der Waals surface area contributed by atoms with E-state index in [9.17, 15) is 9.90 Å². The summed E-state index contributed by atoms with van der Waals surface area (Å²) in [4.78, 5) is 18.2. The van der Waals surface area contributed by atoms with Crippen LogP contribution >= 0.6 is 11.6 Å². The molecule has 4 nitrogen and oxygen atoms in total. The molecule has 0 radical (unpaired) electrons. The third kappa shape index (κ3) is 4.07. The van der Waals surface area contributed by atoms with Crippen LogP contribution < -0.4 is 4.90 Å². The van der Waals surface area contributed by atoms with Crippen LogP contribution in [-0.2, 0) is 0 Å². The van der Waals surface area contributed by atoms with E-state index in [2.05, 4.69) is 55.8 Å². The minimum atomic E-state index is -1.05. The van der Waals surface area contributed by atoms with Crippen molar-refractivity contribution >= 4 is 35.2 Å². The van der Waals surface area contributed by atoms with Crippen molar-refractivity contribution in [3.63, 3.8) is 0 Å². The van der Waals surface area contributed by atoms with Gasteiger partial charge in [0.2, 0.25) is 0 Å². The van der Waals surface area contributed by atoms with Crippen molar-refractivity contribution in [2.45, 2.75) is 52.0 Å². The fourth-order valence-corrected chi connectivity index (χ4v) is 4.34. The van der Waals surface area contributed by atoms with Crippen LogP contribution in [0, 0.1) is 0 Å². The first-order valence-electron chi connectivity index (χ1n) is 9.71. The Bertz CT molecular complexity index is 921. The molecule has 28 heavy (non-hydrogen) atoms. The molecule has 2 aromatic rings. The molecule has 148 valence electrons. The van der Waals surface area contributed by atoms with Gasteiger partial charge in [-0.05, 0) is 74.1 Å². The fraction of sp³-hybridized carbons (Fsp3) is 0.391. The summed E-state index contributed by atoms with van der Waals surface area (Å²) in [6.07, 6.45) is 4.01. The third-order valence-corrected chi connectivity index (χ3v) is 5.73. The van der Waals surface area contributed by atoms with E-state index in [0.717, 1.165) is 24.9 Å². The van der Waals surface area contributed by atoms with Gasteiger partial charge in [0.25, 0.3) is 0 Å². The number of hydrogen-bond donors (Lipinski definition) is 1. The topological polar surface area (TPSA) is 52.9 Å². The second kappa shape index (κ2) is 7.96. The molecular weight excluding hydrogens is 372 g/mol. The maximum Gasteiger partial charge on any atom is 0.337 e. The molecule has 0 bridgehead atoms. The summed E-state index contributed by atoms with van der Waals surface area (Å²) in [6, 6.07) is 11.2. The molecule has 0 aliphatic carbocycles. The van der Waals surface area contributed by atoms with E-state index in [4.69, 9.17) is 11.6 Å². The number of aliphatic imine (C=N–C) groups is 1. The van der Waals surface area contributed by atoms with Crippen LogP contribution in [0.25, 0.3) is 0 Å². The van der Waals surface area contributed by atoms with Gasteiger partial charge in [-0.1, -0.05) is 31.5 Å². The Kier molecular flexibility index (Phi) is 5.80. The van der Waals surface area contributed by atoms with Gasteiger partial charge in [0.05, 0.1) is 16.3 Å². The van der Waals surface area contributed by atoms with Gasteiger partial charge in [0, 0.05) is 24.0 Å². The van der Waals surface area contributed by atoms with Crippen LogP contribution in [0.15, 0.2) is 41.4 Å². The summed E-state index contributed by atoms with van der Waals surface area (Å²) in [5.41, 5.74) is 4.44. The van der Waals surface area contributed by atoms with Gasteiger partial charge < -0.3 is 10.0 Å². The minimum absolute atomic E-state index is 0.0628. The average molecular weight is 399 g/mol. The minimum Gasteiger partial charge on any atom is -0.478 e. The lowest BCUT2D eigenvalue weighted by molar-refractivity contribution is 0.0697. The fourth-order valence-electron chi connectivity index (χ4n) is 4.14. The number of benzene rings is 2. The molecule has 1 N–H and O–H groups in total. The Hall–Kier alpha value is -2.33. The van der Waals surface area contributed by atoms with Crippen LogP contribution in [0.1, 0.15) is 67.9 Å². The van der Waals surface area contributed by atoms with Gasteiger partial charge in [0.1, 0.15) is 0 Å². The van der Waals surface area contributed by atoms with Gasteiger partial charge in [-0.2, -0.15) is 0 Å². The van der Waals surface area contributed by atoms with E-state index in [-0.39, 0.29) is 16.1 Å². The standard InChI is InChI=1S/C23H27ClN2O2/c1-5-10-26-21-9-6-16(11-18(21)15(2)13-23(26,3)4)14-25-17-7-8-20(24)19(12-17)22(27)28/h6-9,11-12,14-15H,5,10,13H2,1-4H3,(H,27,28). The largest absolute Gasteiger partial charge is 0.478 e. The maximum atomic E-state index is 11.2. The summed E-state index contributed by atoms with van der Waals surface area (Å²) in [5, 5.41) is 9.42. The summed E-state index contributed by atoms with van der Waals surface area (Å²) in [6.45, 7) is 10.2. The van der Waals surface area contributed by atoms with Crippen LogP contribution in [-0.4, -0.2) is 29.4 Å². The molecule has 1 heterocycles. The highest BCUT2D eigenvalue weighted by molar-refractivity contribution is 6.33. The van der Waals surface area contributed by atoms with Gasteiger partial charge in [-0.25, -0.2) is 4.79 Å². The van der Waals surface area contributed by atoms with Crippen LogP contribution in [0.4, 0.5) is 11.4 Å². The molecule has 1 aliphatic rings. The normalized spacial score (nSPS) is 18.3.